The van der Waals surface area contributed by atoms with Crippen molar-refractivity contribution in [3.63, 3.8) is 0 Å². The van der Waals surface area contributed by atoms with E-state index in [0.29, 0.717) is 24.6 Å². The lowest BCUT2D eigenvalue weighted by atomic mass is 10.1. The molecule has 1 saturated heterocycles. The molecule has 0 saturated carbocycles. The molecule has 2 aromatic rings. The highest BCUT2D eigenvalue weighted by molar-refractivity contribution is 5.93. The van der Waals surface area contributed by atoms with Crippen molar-refractivity contribution in [1.82, 2.24) is 25.6 Å². The molecule has 1 aliphatic rings. The topological polar surface area (TPSA) is 81.1 Å². The highest BCUT2D eigenvalue weighted by atomic mass is 16.5. The molecule has 1 aromatic carbocycles. The Kier molecular flexibility index (Phi) is 6.45. The predicted octanol–water partition coefficient (Wildman–Crippen LogP) is 2.35. The SMILES string of the molecule is CCc1c(C(=O)NCCC2CCNC2)nnn1-c1ccc(OC(C)C)cc1. The Balaban J connectivity index is 1.67. The molecule has 1 fully saturated rings. The first-order valence-corrected chi connectivity index (χ1v) is 9.79. The van der Waals surface area contributed by atoms with E-state index in [0.717, 1.165) is 36.6 Å². The number of ether oxygens (including phenoxy) is 1. The van der Waals surface area contributed by atoms with E-state index in [9.17, 15) is 4.79 Å². The standard InChI is InChI=1S/C20H29N5O2/c1-4-18-19(20(26)22-12-10-15-9-11-21-13-15)23-24-25(18)16-5-7-17(8-6-16)27-14(2)3/h5-8,14-15,21H,4,9-13H2,1-3H3,(H,22,26). The number of carbonyl (C=O) groups excluding carboxylic acids is 1. The number of nitrogens with zero attached hydrogens (tertiary/aromatic N) is 3. The van der Waals surface area contributed by atoms with E-state index in [1.807, 2.05) is 45.0 Å². The maximum atomic E-state index is 12.6. The van der Waals surface area contributed by atoms with Crippen molar-refractivity contribution >= 4 is 5.91 Å². The summed E-state index contributed by atoms with van der Waals surface area (Å²) in [4.78, 5) is 12.6. The molecule has 1 aliphatic heterocycles. The molecule has 7 heteroatoms. The highest BCUT2D eigenvalue weighted by Crippen LogP contribution is 2.19. The summed E-state index contributed by atoms with van der Waals surface area (Å²) in [5, 5.41) is 14.7. The van der Waals surface area contributed by atoms with Crippen LogP contribution in [0.1, 0.15) is 49.8 Å². The molecule has 3 rings (SSSR count). The molecular weight excluding hydrogens is 342 g/mol. The molecule has 1 unspecified atom stereocenters. The van der Waals surface area contributed by atoms with Crippen LogP contribution >= 0.6 is 0 Å². The van der Waals surface area contributed by atoms with Gasteiger partial charge in [0.15, 0.2) is 5.69 Å². The summed E-state index contributed by atoms with van der Waals surface area (Å²) in [6, 6.07) is 7.68. The fourth-order valence-corrected chi connectivity index (χ4v) is 3.38. The van der Waals surface area contributed by atoms with Gasteiger partial charge in [-0.05, 0) is 76.4 Å². The van der Waals surface area contributed by atoms with Crippen LogP contribution in [-0.2, 0) is 6.42 Å². The molecule has 146 valence electrons. The van der Waals surface area contributed by atoms with Crippen LogP contribution in [0.3, 0.4) is 0 Å². The maximum Gasteiger partial charge on any atom is 0.273 e. The number of rotatable bonds is 8. The van der Waals surface area contributed by atoms with Gasteiger partial charge in [0.1, 0.15) is 5.75 Å². The second-order valence-electron chi connectivity index (χ2n) is 7.21. The second kappa shape index (κ2) is 8.99. The largest absolute Gasteiger partial charge is 0.491 e. The minimum absolute atomic E-state index is 0.128. The van der Waals surface area contributed by atoms with Gasteiger partial charge in [0.2, 0.25) is 0 Å². The summed E-state index contributed by atoms with van der Waals surface area (Å²) < 4.78 is 7.41. The van der Waals surface area contributed by atoms with E-state index >= 15 is 0 Å². The number of carbonyl (C=O) groups is 1. The van der Waals surface area contributed by atoms with Crippen LogP contribution in [0.4, 0.5) is 0 Å². The number of hydrogen-bond donors (Lipinski definition) is 2. The molecule has 27 heavy (non-hydrogen) atoms. The highest BCUT2D eigenvalue weighted by Gasteiger charge is 2.20. The maximum absolute atomic E-state index is 12.6. The fourth-order valence-electron chi connectivity index (χ4n) is 3.38. The van der Waals surface area contributed by atoms with E-state index in [4.69, 9.17) is 4.74 Å². The normalized spacial score (nSPS) is 16.7. The van der Waals surface area contributed by atoms with Gasteiger partial charge in [-0.15, -0.1) is 5.10 Å². The van der Waals surface area contributed by atoms with E-state index in [1.54, 1.807) is 4.68 Å². The van der Waals surface area contributed by atoms with Crippen molar-refractivity contribution in [3.05, 3.63) is 35.7 Å². The number of hydrogen-bond acceptors (Lipinski definition) is 5. The summed E-state index contributed by atoms with van der Waals surface area (Å²) in [7, 11) is 0. The third-order valence-corrected chi connectivity index (χ3v) is 4.77. The van der Waals surface area contributed by atoms with E-state index < -0.39 is 0 Å². The molecule has 1 amide bonds. The van der Waals surface area contributed by atoms with E-state index in [1.165, 1.54) is 6.42 Å². The first kappa shape index (κ1) is 19.4. The van der Waals surface area contributed by atoms with Crippen molar-refractivity contribution in [3.8, 4) is 11.4 Å². The van der Waals surface area contributed by atoms with E-state index in [2.05, 4.69) is 20.9 Å². The molecular formula is C20H29N5O2. The minimum Gasteiger partial charge on any atom is -0.491 e. The lowest BCUT2D eigenvalue weighted by molar-refractivity contribution is 0.0945. The lowest BCUT2D eigenvalue weighted by Crippen LogP contribution is -2.27. The smallest absolute Gasteiger partial charge is 0.273 e. The Labute approximate surface area is 160 Å². The first-order chi connectivity index (χ1) is 13.1. The van der Waals surface area contributed by atoms with Gasteiger partial charge in [-0.1, -0.05) is 12.1 Å². The quantitative estimate of drug-likeness (QED) is 0.744. The average molecular weight is 371 g/mol. The van der Waals surface area contributed by atoms with Crippen LogP contribution in [0.2, 0.25) is 0 Å². The molecule has 1 aromatic heterocycles. The van der Waals surface area contributed by atoms with Crippen LogP contribution in [0.25, 0.3) is 5.69 Å². The third kappa shape index (κ3) is 4.86. The Hall–Kier alpha value is -2.41. The fraction of sp³-hybridized carbons (Fsp3) is 0.550. The van der Waals surface area contributed by atoms with Crippen molar-refractivity contribution < 1.29 is 9.53 Å². The van der Waals surface area contributed by atoms with Gasteiger partial charge in [-0.2, -0.15) is 0 Å². The average Bonchev–Trinajstić information content (AvgIpc) is 3.31. The lowest BCUT2D eigenvalue weighted by Gasteiger charge is -2.11. The third-order valence-electron chi connectivity index (χ3n) is 4.77. The minimum atomic E-state index is -0.149. The molecule has 0 radical (unpaired) electrons. The number of amides is 1. The summed E-state index contributed by atoms with van der Waals surface area (Å²) in [6.45, 7) is 8.79. The molecule has 0 aliphatic carbocycles. The van der Waals surface area contributed by atoms with Crippen LogP contribution in [0.15, 0.2) is 24.3 Å². The van der Waals surface area contributed by atoms with Crippen LogP contribution in [0.5, 0.6) is 5.75 Å². The first-order valence-electron chi connectivity index (χ1n) is 9.79. The van der Waals surface area contributed by atoms with Crippen molar-refractivity contribution in [2.24, 2.45) is 5.92 Å². The molecule has 0 spiro atoms. The van der Waals surface area contributed by atoms with Crippen LogP contribution in [-0.4, -0.2) is 46.6 Å². The monoisotopic (exact) mass is 371 g/mol. The molecule has 0 bridgehead atoms. The number of nitrogens with one attached hydrogen (secondary N) is 2. The summed E-state index contributed by atoms with van der Waals surface area (Å²) in [5.41, 5.74) is 2.09. The van der Waals surface area contributed by atoms with Gasteiger partial charge < -0.3 is 15.4 Å². The van der Waals surface area contributed by atoms with Crippen LogP contribution < -0.4 is 15.4 Å². The Bertz CT molecular complexity index is 748. The van der Waals surface area contributed by atoms with Gasteiger partial charge in [-0.3, -0.25) is 4.79 Å². The van der Waals surface area contributed by atoms with Crippen molar-refractivity contribution in [2.75, 3.05) is 19.6 Å². The Morgan fingerprint density at radius 3 is 2.78 bits per heavy atom. The van der Waals surface area contributed by atoms with Gasteiger partial charge in [0, 0.05) is 6.54 Å². The number of aromatic nitrogens is 3. The summed E-state index contributed by atoms with van der Waals surface area (Å²) in [6.07, 6.45) is 2.98. The second-order valence-corrected chi connectivity index (χ2v) is 7.21. The van der Waals surface area contributed by atoms with Crippen molar-refractivity contribution in [2.45, 2.75) is 46.1 Å². The summed E-state index contributed by atoms with van der Waals surface area (Å²) in [5.74, 6) is 1.31. The number of benzene rings is 1. The Morgan fingerprint density at radius 2 is 2.15 bits per heavy atom. The van der Waals surface area contributed by atoms with Gasteiger partial charge in [-0.25, -0.2) is 4.68 Å². The zero-order valence-corrected chi connectivity index (χ0v) is 16.4. The van der Waals surface area contributed by atoms with E-state index in [-0.39, 0.29) is 12.0 Å². The summed E-state index contributed by atoms with van der Waals surface area (Å²) >= 11 is 0. The van der Waals surface area contributed by atoms with Crippen LogP contribution in [0, 0.1) is 5.92 Å². The van der Waals surface area contributed by atoms with Crippen molar-refractivity contribution in [1.29, 1.82) is 0 Å². The zero-order chi connectivity index (χ0) is 19.2. The Morgan fingerprint density at radius 1 is 1.37 bits per heavy atom. The molecule has 1 atom stereocenters. The van der Waals surface area contributed by atoms with Gasteiger partial charge in [0.25, 0.3) is 5.91 Å². The van der Waals surface area contributed by atoms with Gasteiger partial charge in [0.05, 0.1) is 17.5 Å². The zero-order valence-electron chi connectivity index (χ0n) is 16.4. The predicted molar refractivity (Wildman–Crippen MR) is 104 cm³/mol. The molecule has 7 nitrogen and oxygen atoms in total. The van der Waals surface area contributed by atoms with Gasteiger partial charge >= 0.3 is 0 Å². The molecule has 2 heterocycles. The molecule has 2 N–H and O–H groups in total.